The van der Waals surface area contributed by atoms with Crippen LogP contribution in [0, 0.1) is 5.82 Å². The average molecular weight is 253 g/mol. The zero-order chi connectivity index (χ0) is 12.6. The maximum absolute atomic E-state index is 13.1. The van der Waals surface area contributed by atoms with Crippen LogP contribution in [0.4, 0.5) is 4.39 Å². The third kappa shape index (κ3) is 2.35. The summed E-state index contributed by atoms with van der Waals surface area (Å²) >= 11 is -1.07. The van der Waals surface area contributed by atoms with E-state index in [0.717, 1.165) is 0 Å². The quantitative estimate of drug-likeness (QED) is 0.762. The molecule has 1 aromatic heterocycles. The van der Waals surface area contributed by atoms with Gasteiger partial charge in [0.25, 0.3) is 0 Å². The Morgan fingerprint density at radius 1 is 1.47 bits per heavy atom. The van der Waals surface area contributed by atoms with Crippen LogP contribution in [0.15, 0.2) is 29.2 Å². The summed E-state index contributed by atoms with van der Waals surface area (Å²) in [6, 6.07) is 4.05. The highest BCUT2D eigenvalue weighted by Gasteiger charge is 2.11. The monoisotopic (exact) mass is 253 g/mol. The van der Waals surface area contributed by atoms with Crippen LogP contribution in [0.1, 0.15) is 5.56 Å². The molecule has 0 amide bonds. The zero-order valence-corrected chi connectivity index (χ0v) is 10.4. The molecule has 0 N–H and O–H groups in total. The number of pyridine rings is 1. The molecule has 2 aromatic rings. The van der Waals surface area contributed by atoms with Gasteiger partial charge in [0.15, 0.2) is 5.43 Å². The van der Waals surface area contributed by atoms with Crippen LogP contribution in [0.5, 0.6) is 0 Å². The van der Waals surface area contributed by atoms with E-state index in [1.165, 1.54) is 18.2 Å². The van der Waals surface area contributed by atoms with Gasteiger partial charge in [-0.1, -0.05) is 11.2 Å². The van der Waals surface area contributed by atoms with Gasteiger partial charge in [-0.3, -0.25) is 4.79 Å². The van der Waals surface area contributed by atoms with Gasteiger partial charge < -0.3 is 9.12 Å². The smallest absolute Gasteiger partial charge is 0.197 e. The molecule has 5 heteroatoms. The lowest BCUT2D eigenvalue weighted by Crippen LogP contribution is -2.16. The van der Waals surface area contributed by atoms with E-state index in [0.29, 0.717) is 16.5 Å². The highest BCUT2D eigenvalue weighted by atomic mass is 32.2. The third-order valence-electron chi connectivity index (χ3n) is 2.58. The summed E-state index contributed by atoms with van der Waals surface area (Å²) in [6.45, 7) is 0. The molecule has 0 radical (unpaired) electrons. The SMILES string of the molecule is Cn1cc(C[S+](C)[O-])c(=O)c2ccc(F)cc21. The Kier molecular flexibility index (Phi) is 3.22. The van der Waals surface area contributed by atoms with Gasteiger partial charge in [0.2, 0.25) is 0 Å². The summed E-state index contributed by atoms with van der Waals surface area (Å²) in [5.74, 6) is -0.153. The molecule has 0 fully saturated rings. The van der Waals surface area contributed by atoms with Crippen LogP contribution in [0.3, 0.4) is 0 Å². The predicted octanol–water partition coefficient (Wildman–Crippen LogP) is 1.56. The molecule has 0 spiro atoms. The number of aryl methyl sites for hydroxylation is 1. The van der Waals surface area contributed by atoms with E-state index in [-0.39, 0.29) is 17.0 Å². The highest BCUT2D eigenvalue weighted by Crippen LogP contribution is 2.13. The molecule has 3 nitrogen and oxygen atoms in total. The molecule has 1 aromatic carbocycles. The van der Waals surface area contributed by atoms with E-state index >= 15 is 0 Å². The summed E-state index contributed by atoms with van der Waals surface area (Å²) in [5, 5.41) is 0.455. The lowest BCUT2D eigenvalue weighted by atomic mass is 10.1. The maximum Gasteiger partial charge on any atom is 0.197 e. The Hall–Kier alpha value is -1.33. The minimum atomic E-state index is -1.07. The molecule has 0 aliphatic heterocycles. The number of hydrogen-bond donors (Lipinski definition) is 0. The normalized spacial score (nSPS) is 12.9. The van der Waals surface area contributed by atoms with Gasteiger partial charge in [0, 0.05) is 18.6 Å². The number of benzene rings is 1. The molecular weight excluding hydrogens is 241 g/mol. The third-order valence-corrected chi connectivity index (χ3v) is 3.30. The van der Waals surface area contributed by atoms with Gasteiger partial charge in [-0.15, -0.1) is 0 Å². The Morgan fingerprint density at radius 2 is 2.18 bits per heavy atom. The van der Waals surface area contributed by atoms with Crippen molar-refractivity contribution in [3.63, 3.8) is 0 Å². The molecule has 0 saturated carbocycles. The predicted molar refractivity (Wildman–Crippen MR) is 66.9 cm³/mol. The van der Waals surface area contributed by atoms with Crippen molar-refractivity contribution in [3.8, 4) is 0 Å². The van der Waals surface area contributed by atoms with E-state index < -0.39 is 11.2 Å². The standard InChI is InChI=1S/C12H12FNO2S/c1-14-6-8(7-17(2)16)12(15)10-4-3-9(13)5-11(10)14/h3-6H,7H2,1-2H3. The van der Waals surface area contributed by atoms with Crippen molar-refractivity contribution in [2.45, 2.75) is 5.75 Å². The topological polar surface area (TPSA) is 45.1 Å². The van der Waals surface area contributed by atoms with Crippen molar-refractivity contribution in [2.24, 2.45) is 7.05 Å². The summed E-state index contributed by atoms with van der Waals surface area (Å²) in [4.78, 5) is 12.1. The van der Waals surface area contributed by atoms with Crippen molar-refractivity contribution in [3.05, 3.63) is 46.0 Å². The molecule has 17 heavy (non-hydrogen) atoms. The van der Waals surface area contributed by atoms with Crippen LogP contribution >= 0.6 is 0 Å². The molecule has 1 heterocycles. The molecule has 0 bridgehead atoms. The minimum absolute atomic E-state index is 0.173. The fourth-order valence-electron chi connectivity index (χ4n) is 1.85. The second-order valence-corrected chi connectivity index (χ2v) is 5.41. The van der Waals surface area contributed by atoms with Gasteiger partial charge in [-0.05, 0) is 18.2 Å². The molecule has 1 atom stereocenters. The van der Waals surface area contributed by atoms with E-state index in [9.17, 15) is 13.7 Å². The van der Waals surface area contributed by atoms with Gasteiger partial charge in [0.05, 0.1) is 17.3 Å². The van der Waals surface area contributed by atoms with E-state index in [1.54, 1.807) is 24.1 Å². The van der Waals surface area contributed by atoms with Crippen molar-refractivity contribution in [1.29, 1.82) is 0 Å². The Morgan fingerprint density at radius 3 is 2.82 bits per heavy atom. The first kappa shape index (κ1) is 12.1. The fraction of sp³-hybridized carbons (Fsp3) is 0.250. The molecule has 1 unspecified atom stereocenters. The number of fused-ring (bicyclic) bond motifs is 1. The number of hydrogen-bond acceptors (Lipinski definition) is 2. The lowest BCUT2D eigenvalue weighted by Gasteiger charge is -2.09. The Balaban J connectivity index is 2.72. The Bertz CT molecular complexity index is 622. The van der Waals surface area contributed by atoms with Gasteiger partial charge in [0.1, 0.15) is 11.6 Å². The summed E-state index contributed by atoms with van der Waals surface area (Å²) in [5.41, 5.74) is 0.862. The van der Waals surface area contributed by atoms with Gasteiger partial charge in [-0.25, -0.2) is 4.39 Å². The van der Waals surface area contributed by atoms with Gasteiger partial charge >= 0.3 is 0 Å². The van der Waals surface area contributed by atoms with Crippen LogP contribution in [0.2, 0.25) is 0 Å². The van der Waals surface area contributed by atoms with Crippen LogP contribution in [-0.2, 0) is 24.0 Å². The summed E-state index contributed by atoms with van der Waals surface area (Å²) in [6.07, 6.45) is 3.17. The molecular formula is C12H12FNO2S. The van der Waals surface area contributed by atoms with Crippen molar-refractivity contribution in [2.75, 3.05) is 6.26 Å². The molecule has 90 valence electrons. The first-order valence-electron chi connectivity index (χ1n) is 5.07. The second kappa shape index (κ2) is 4.50. The first-order valence-corrected chi connectivity index (χ1v) is 6.79. The molecule has 2 rings (SSSR count). The molecule has 0 saturated heterocycles. The first-order chi connectivity index (χ1) is 7.99. The van der Waals surface area contributed by atoms with E-state index in [2.05, 4.69) is 0 Å². The maximum atomic E-state index is 13.1. The van der Waals surface area contributed by atoms with Crippen molar-refractivity contribution in [1.82, 2.24) is 4.57 Å². The largest absolute Gasteiger partial charge is 0.616 e. The number of nitrogens with zero attached hydrogens (tertiary/aromatic N) is 1. The van der Waals surface area contributed by atoms with E-state index in [4.69, 9.17) is 0 Å². The summed E-state index contributed by atoms with van der Waals surface area (Å²) in [7, 11) is 1.74. The minimum Gasteiger partial charge on any atom is -0.616 e. The molecule has 0 aliphatic rings. The fourth-order valence-corrected chi connectivity index (χ4v) is 2.49. The Labute approximate surface area is 101 Å². The van der Waals surface area contributed by atoms with E-state index in [1.807, 2.05) is 0 Å². The number of rotatable bonds is 2. The second-order valence-electron chi connectivity index (χ2n) is 3.97. The highest BCUT2D eigenvalue weighted by molar-refractivity contribution is 7.89. The average Bonchev–Trinajstić information content (AvgIpc) is 2.25. The van der Waals surface area contributed by atoms with Crippen molar-refractivity contribution < 1.29 is 8.94 Å². The van der Waals surface area contributed by atoms with Crippen LogP contribution in [-0.4, -0.2) is 15.4 Å². The van der Waals surface area contributed by atoms with Crippen LogP contribution < -0.4 is 5.43 Å². The van der Waals surface area contributed by atoms with Gasteiger partial charge in [-0.2, -0.15) is 0 Å². The van der Waals surface area contributed by atoms with Crippen LogP contribution in [0.25, 0.3) is 10.9 Å². The number of aromatic nitrogens is 1. The number of halogens is 1. The zero-order valence-electron chi connectivity index (χ0n) is 9.57. The molecule has 0 aliphatic carbocycles. The lowest BCUT2D eigenvalue weighted by molar-refractivity contribution is 0.599. The summed E-state index contributed by atoms with van der Waals surface area (Å²) < 4.78 is 25.9. The van der Waals surface area contributed by atoms with Crippen molar-refractivity contribution >= 4 is 22.1 Å².